The topological polar surface area (TPSA) is 63.3 Å². The summed E-state index contributed by atoms with van der Waals surface area (Å²) in [6, 6.07) is 0. The maximum absolute atomic E-state index is 10.6. The summed E-state index contributed by atoms with van der Waals surface area (Å²) in [5, 5.41) is 9.24. The van der Waals surface area contributed by atoms with E-state index in [2.05, 4.69) is 0 Å². The summed E-state index contributed by atoms with van der Waals surface area (Å²) in [4.78, 5) is 10.6. The van der Waals surface area contributed by atoms with Crippen LogP contribution in [-0.4, -0.2) is 17.1 Å². The highest BCUT2D eigenvalue weighted by atomic mass is 16.3. The number of rotatable bonds is 1. The minimum Gasteiger partial charge on any atom is -0.392 e. The highest BCUT2D eigenvalue weighted by Crippen LogP contribution is 2.23. The fourth-order valence-corrected chi connectivity index (χ4v) is 1.44. The second kappa shape index (κ2) is 3.01. The number of aliphatic hydroxyl groups excluding tert-OH is 1. The van der Waals surface area contributed by atoms with E-state index in [0.717, 1.165) is 25.7 Å². The van der Waals surface area contributed by atoms with Crippen LogP contribution in [0, 0.1) is 5.92 Å². The molecule has 0 aliphatic heterocycles. The summed E-state index contributed by atoms with van der Waals surface area (Å²) < 4.78 is 0. The average molecular weight is 143 g/mol. The number of carbonyl (C=O) groups excluding carboxylic acids is 1. The normalized spacial score (nSPS) is 33.7. The van der Waals surface area contributed by atoms with Gasteiger partial charge in [0.1, 0.15) is 0 Å². The predicted molar refractivity (Wildman–Crippen MR) is 37.2 cm³/mol. The number of primary amides is 1. The van der Waals surface area contributed by atoms with E-state index in [1.54, 1.807) is 0 Å². The van der Waals surface area contributed by atoms with E-state index in [4.69, 9.17) is 5.73 Å². The van der Waals surface area contributed by atoms with Gasteiger partial charge in [0.15, 0.2) is 0 Å². The van der Waals surface area contributed by atoms with Gasteiger partial charge >= 0.3 is 0 Å². The molecule has 0 saturated heterocycles. The molecule has 3 N–H and O–H groups in total. The lowest BCUT2D eigenvalue weighted by Crippen LogP contribution is -2.35. The summed E-state index contributed by atoms with van der Waals surface area (Å²) >= 11 is 0. The van der Waals surface area contributed by atoms with Crippen molar-refractivity contribution in [2.45, 2.75) is 31.8 Å². The van der Waals surface area contributed by atoms with E-state index in [-0.39, 0.29) is 11.8 Å². The van der Waals surface area contributed by atoms with Crippen LogP contribution in [0.3, 0.4) is 0 Å². The molecule has 0 aromatic heterocycles. The molecule has 1 aliphatic rings. The van der Waals surface area contributed by atoms with Crippen LogP contribution < -0.4 is 5.73 Å². The van der Waals surface area contributed by atoms with Crippen molar-refractivity contribution >= 4 is 5.91 Å². The van der Waals surface area contributed by atoms with Gasteiger partial charge in [-0.1, -0.05) is 12.8 Å². The lowest BCUT2D eigenvalue weighted by molar-refractivity contribution is -0.126. The van der Waals surface area contributed by atoms with Gasteiger partial charge in [-0.05, 0) is 12.8 Å². The molecule has 0 heterocycles. The Morgan fingerprint density at radius 3 is 2.40 bits per heavy atom. The Morgan fingerprint density at radius 2 is 2.00 bits per heavy atom. The van der Waals surface area contributed by atoms with Crippen LogP contribution in [0.2, 0.25) is 0 Å². The molecule has 0 unspecified atom stereocenters. The van der Waals surface area contributed by atoms with Crippen LogP contribution in [0.1, 0.15) is 25.7 Å². The maximum atomic E-state index is 10.6. The van der Waals surface area contributed by atoms with Gasteiger partial charge in [-0.15, -0.1) is 0 Å². The number of hydrogen-bond donors (Lipinski definition) is 2. The van der Waals surface area contributed by atoms with E-state index in [1.165, 1.54) is 0 Å². The van der Waals surface area contributed by atoms with Gasteiger partial charge in [-0.2, -0.15) is 0 Å². The predicted octanol–water partition coefficient (Wildman–Crippen LogP) is 0.0228. The first-order valence-corrected chi connectivity index (χ1v) is 3.69. The molecule has 10 heavy (non-hydrogen) atoms. The summed E-state index contributed by atoms with van der Waals surface area (Å²) in [5.74, 6) is -0.638. The van der Waals surface area contributed by atoms with Crippen molar-refractivity contribution in [2.75, 3.05) is 0 Å². The minimum atomic E-state index is -0.480. The molecule has 0 radical (unpaired) electrons. The molecule has 3 heteroatoms. The van der Waals surface area contributed by atoms with Crippen molar-refractivity contribution < 1.29 is 9.90 Å². The number of aliphatic hydroxyl groups is 1. The lowest BCUT2D eigenvalue weighted by atomic mass is 9.86. The zero-order valence-electron chi connectivity index (χ0n) is 5.92. The number of carbonyl (C=O) groups is 1. The first-order valence-electron chi connectivity index (χ1n) is 3.69. The number of nitrogens with two attached hydrogens (primary N) is 1. The standard InChI is InChI=1S/C7H13NO2/c8-7(10)5-3-1-2-4-6(5)9/h5-6,9H,1-4H2,(H2,8,10)/t5-,6-/m1/s1. The molecule has 0 aromatic carbocycles. The third kappa shape index (κ3) is 1.48. The summed E-state index contributed by atoms with van der Waals surface area (Å²) in [7, 11) is 0. The van der Waals surface area contributed by atoms with Crippen LogP contribution in [0.5, 0.6) is 0 Å². The fourth-order valence-electron chi connectivity index (χ4n) is 1.44. The Morgan fingerprint density at radius 1 is 1.40 bits per heavy atom. The van der Waals surface area contributed by atoms with Gasteiger partial charge in [0.2, 0.25) is 5.91 Å². The molecule has 1 fully saturated rings. The van der Waals surface area contributed by atoms with Gasteiger partial charge in [0, 0.05) is 0 Å². The van der Waals surface area contributed by atoms with E-state index < -0.39 is 6.10 Å². The Labute approximate surface area is 60.2 Å². The van der Waals surface area contributed by atoms with Crippen molar-refractivity contribution in [1.82, 2.24) is 0 Å². The fraction of sp³-hybridized carbons (Fsp3) is 0.857. The zero-order chi connectivity index (χ0) is 7.56. The lowest BCUT2D eigenvalue weighted by Gasteiger charge is -2.24. The van der Waals surface area contributed by atoms with E-state index in [1.807, 2.05) is 0 Å². The first kappa shape index (κ1) is 7.54. The van der Waals surface area contributed by atoms with Crippen molar-refractivity contribution in [2.24, 2.45) is 11.7 Å². The maximum Gasteiger partial charge on any atom is 0.223 e. The smallest absolute Gasteiger partial charge is 0.223 e. The van der Waals surface area contributed by atoms with Gasteiger partial charge in [-0.3, -0.25) is 4.79 Å². The molecule has 1 aliphatic carbocycles. The van der Waals surface area contributed by atoms with Gasteiger partial charge < -0.3 is 10.8 Å². The molecule has 58 valence electrons. The second-order valence-electron chi connectivity index (χ2n) is 2.86. The van der Waals surface area contributed by atoms with Gasteiger partial charge in [0.05, 0.1) is 12.0 Å². The molecule has 0 bridgehead atoms. The van der Waals surface area contributed by atoms with Crippen LogP contribution >= 0.6 is 0 Å². The molecule has 1 rings (SSSR count). The quantitative estimate of drug-likeness (QED) is 0.543. The molecule has 0 aromatic rings. The number of hydrogen-bond acceptors (Lipinski definition) is 2. The Bertz CT molecular complexity index is 136. The molecule has 1 amide bonds. The summed E-state index contributed by atoms with van der Waals surface area (Å²) in [5.41, 5.74) is 5.06. The van der Waals surface area contributed by atoms with Gasteiger partial charge in [0.25, 0.3) is 0 Å². The summed E-state index contributed by atoms with van der Waals surface area (Å²) in [6.45, 7) is 0. The number of amides is 1. The minimum absolute atomic E-state index is 0.284. The SMILES string of the molecule is NC(=O)[C@@H]1CCCC[C@H]1O. The van der Waals surface area contributed by atoms with Crippen molar-refractivity contribution in [3.8, 4) is 0 Å². The van der Waals surface area contributed by atoms with Crippen molar-refractivity contribution in [3.63, 3.8) is 0 Å². The van der Waals surface area contributed by atoms with Crippen LogP contribution in [-0.2, 0) is 4.79 Å². The van der Waals surface area contributed by atoms with Gasteiger partial charge in [-0.25, -0.2) is 0 Å². The highest BCUT2D eigenvalue weighted by molar-refractivity contribution is 5.77. The molecule has 1 saturated carbocycles. The average Bonchev–Trinajstić information content (AvgIpc) is 1.88. The molecule has 0 spiro atoms. The molecular weight excluding hydrogens is 130 g/mol. The summed E-state index contributed by atoms with van der Waals surface area (Å²) in [6.07, 6.45) is 3.05. The molecule has 2 atom stereocenters. The second-order valence-corrected chi connectivity index (χ2v) is 2.86. The Kier molecular flexibility index (Phi) is 2.27. The van der Waals surface area contributed by atoms with Crippen LogP contribution in [0.4, 0.5) is 0 Å². The Balaban J connectivity index is 2.47. The first-order chi connectivity index (χ1) is 4.72. The van der Waals surface area contributed by atoms with E-state index in [0.29, 0.717) is 0 Å². The monoisotopic (exact) mass is 143 g/mol. The van der Waals surface area contributed by atoms with Crippen molar-refractivity contribution in [3.05, 3.63) is 0 Å². The highest BCUT2D eigenvalue weighted by Gasteiger charge is 2.26. The molecular formula is C7H13NO2. The third-order valence-electron chi connectivity index (χ3n) is 2.09. The zero-order valence-corrected chi connectivity index (χ0v) is 5.92. The molecule has 3 nitrogen and oxygen atoms in total. The van der Waals surface area contributed by atoms with Crippen LogP contribution in [0.25, 0.3) is 0 Å². The largest absolute Gasteiger partial charge is 0.392 e. The Hall–Kier alpha value is -0.570. The third-order valence-corrected chi connectivity index (χ3v) is 2.09. The van der Waals surface area contributed by atoms with Crippen molar-refractivity contribution in [1.29, 1.82) is 0 Å². The van der Waals surface area contributed by atoms with E-state index in [9.17, 15) is 9.90 Å². The van der Waals surface area contributed by atoms with Crippen LogP contribution in [0.15, 0.2) is 0 Å². The van der Waals surface area contributed by atoms with E-state index >= 15 is 0 Å².